The Bertz CT molecular complexity index is 689. The molecule has 0 aliphatic carbocycles. The average Bonchev–Trinajstić information content (AvgIpc) is 2.32. The van der Waals surface area contributed by atoms with Crippen LogP contribution >= 0.6 is 0 Å². The summed E-state index contributed by atoms with van der Waals surface area (Å²) >= 11 is 0. The zero-order chi connectivity index (χ0) is 14.0. The minimum atomic E-state index is -3.42. The second kappa shape index (κ2) is 5.05. The lowest BCUT2D eigenvalue weighted by Gasteiger charge is -2.10. The van der Waals surface area contributed by atoms with Crippen molar-refractivity contribution >= 4 is 9.84 Å². The molecule has 2 aromatic rings. The molecule has 3 nitrogen and oxygen atoms in total. The van der Waals surface area contributed by atoms with Crippen LogP contribution in [0.5, 0.6) is 5.75 Å². The van der Waals surface area contributed by atoms with Crippen molar-refractivity contribution in [3.05, 3.63) is 59.2 Å². The van der Waals surface area contributed by atoms with Gasteiger partial charge in [-0.3, -0.25) is 0 Å². The van der Waals surface area contributed by atoms with Gasteiger partial charge in [0.25, 0.3) is 0 Å². The highest BCUT2D eigenvalue weighted by Crippen LogP contribution is 2.27. The van der Waals surface area contributed by atoms with Gasteiger partial charge in [0.1, 0.15) is 10.6 Å². The largest absolute Gasteiger partial charge is 0.507 e. The van der Waals surface area contributed by atoms with Gasteiger partial charge in [0.2, 0.25) is 0 Å². The molecule has 2 rings (SSSR count). The molecule has 4 heteroatoms. The molecule has 0 bridgehead atoms. The molecule has 2 aromatic carbocycles. The summed E-state index contributed by atoms with van der Waals surface area (Å²) in [5.74, 6) is -0.184. The Labute approximate surface area is 113 Å². The van der Waals surface area contributed by atoms with Crippen LogP contribution in [0.25, 0.3) is 0 Å². The lowest BCUT2D eigenvalue weighted by atomic mass is 10.0. The molecule has 0 unspecified atom stereocenters. The van der Waals surface area contributed by atoms with E-state index in [4.69, 9.17) is 0 Å². The molecule has 0 atom stereocenters. The van der Waals surface area contributed by atoms with Crippen LogP contribution in [-0.4, -0.2) is 19.8 Å². The van der Waals surface area contributed by atoms with Crippen molar-refractivity contribution in [1.82, 2.24) is 0 Å². The van der Waals surface area contributed by atoms with Crippen molar-refractivity contribution in [1.29, 1.82) is 0 Å². The SMILES string of the molecule is Cc1cc(O)c(S(C)(=O)=O)cc1Cc1ccccc1. The Kier molecular flexibility index (Phi) is 3.62. The summed E-state index contributed by atoms with van der Waals surface area (Å²) < 4.78 is 23.2. The highest BCUT2D eigenvalue weighted by atomic mass is 32.2. The summed E-state index contributed by atoms with van der Waals surface area (Å²) in [6.07, 6.45) is 1.75. The standard InChI is InChI=1S/C15H16O3S/c1-11-8-14(16)15(19(2,17)18)10-13(11)9-12-6-4-3-5-7-12/h3-8,10,16H,9H2,1-2H3. The zero-order valence-electron chi connectivity index (χ0n) is 10.9. The van der Waals surface area contributed by atoms with E-state index >= 15 is 0 Å². The van der Waals surface area contributed by atoms with Gasteiger partial charge in [-0.1, -0.05) is 30.3 Å². The molecule has 1 N–H and O–H groups in total. The summed E-state index contributed by atoms with van der Waals surface area (Å²) in [5, 5.41) is 9.74. The number of hydrogen-bond donors (Lipinski definition) is 1. The lowest BCUT2D eigenvalue weighted by Crippen LogP contribution is -2.01. The molecule has 0 fully saturated rings. The van der Waals surface area contributed by atoms with Crippen molar-refractivity contribution in [3.63, 3.8) is 0 Å². The Morgan fingerprint density at radius 1 is 1.11 bits per heavy atom. The first-order chi connectivity index (χ1) is 8.88. The highest BCUT2D eigenvalue weighted by Gasteiger charge is 2.15. The van der Waals surface area contributed by atoms with Gasteiger partial charge in [0, 0.05) is 6.26 Å². The number of aromatic hydroxyl groups is 1. The van der Waals surface area contributed by atoms with E-state index < -0.39 is 9.84 Å². The number of benzene rings is 2. The van der Waals surface area contributed by atoms with Gasteiger partial charge in [-0.2, -0.15) is 0 Å². The summed E-state index contributed by atoms with van der Waals surface area (Å²) in [6.45, 7) is 1.87. The van der Waals surface area contributed by atoms with Gasteiger partial charge < -0.3 is 5.11 Å². The molecule has 0 radical (unpaired) electrons. The monoisotopic (exact) mass is 276 g/mol. The maximum absolute atomic E-state index is 11.6. The quantitative estimate of drug-likeness (QED) is 0.937. The van der Waals surface area contributed by atoms with E-state index in [1.807, 2.05) is 37.3 Å². The fourth-order valence-corrected chi connectivity index (χ4v) is 2.81. The highest BCUT2D eigenvalue weighted by molar-refractivity contribution is 7.90. The van der Waals surface area contributed by atoms with Crippen molar-refractivity contribution in [3.8, 4) is 5.75 Å². The predicted molar refractivity (Wildman–Crippen MR) is 75.2 cm³/mol. The molecule has 0 aliphatic heterocycles. The van der Waals surface area contributed by atoms with E-state index in [2.05, 4.69) is 0 Å². The maximum atomic E-state index is 11.6. The second-order valence-corrected chi connectivity index (χ2v) is 6.67. The molecule has 0 spiro atoms. The molecular formula is C15H16O3S. The number of aryl methyl sites for hydroxylation is 1. The van der Waals surface area contributed by atoms with Crippen LogP contribution in [0.3, 0.4) is 0 Å². The fourth-order valence-electron chi connectivity index (χ4n) is 2.02. The zero-order valence-corrected chi connectivity index (χ0v) is 11.7. The fraction of sp³-hybridized carbons (Fsp3) is 0.200. The molecular weight excluding hydrogens is 260 g/mol. The first kappa shape index (κ1) is 13.6. The minimum Gasteiger partial charge on any atom is -0.507 e. The van der Waals surface area contributed by atoms with E-state index in [0.717, 1.165) is 22.9 Å². The van der Waals surface area contributed by atoms with Crippen molar-refractivity contribution in [2.45, 2.75) is 18.2 Å². The smallest absolute Gasteiger partial charge is 0.179 e. The van der Waals surface area contributed by atoms with Gasteiger partial charge in [-0.25, -0.2) is 8.42 Å². The first-order valence-electron chi connectivity index (χ1n) is 5.94. The molecule has 19 heavy (non-hydrogen) atoms. The van der Waals surface area contributed by atoms with Crippen LogP contribution in [-0.2, 0) is 16.3 Å². The van der Waals surface area contributed by atoms with Gasteiger partial charge in [0.15, 0.2) is 9.84 Å². The van der Waals surface area contributed by atoms with E-state index in [1.165, 1.54) is 6.07 Å². The minimum absolute atomic E-state index is 0.0102. The van der Waals surface area contributed by atoms with Crippen molar-refractivity contribution < 1.29 is 13.5 Å². The molecule has 0 saturated carbocycles. The molecule has 0 amide bonds. The third-order valence-corrected chi connectivity index (χ3v) is 4.18. The van der Waals surface area contributed by atoms with Crippen LogP contribution in [0, 0.1) is 6.92 Å². The van der Waals surface area contributed by atoms with Crippen molar-refractivity contribution in [2.24, 2.45) is 0 Å². The molecule has 0 saturated heterocycles. The van der Waals surface area contributed by atoms with Crippen LogP contribution in [0.1, 0.15) is 16.7 Å². The molecule has 100 valence electrons. The third kappa shape index (κ3) is 3.15. The van der Waals surface area contributed by atoms with Crippen LogP contribution in [0.15, 0.2) is 47.4 Å². The summed E-state index contributed by atoms with van der Waals surface area (Å²) in [5.41, 5.74) is 2.90. The number of sulfone groups is 1. The number of hydrogen-bond acceptors (Lipinski definition) is 3. The Morgan fingerprint density at radius 2 is 1.74 bits per heavy atom. The van der Waals surface area contributed by atoms with Crippen LogP contribution < -0.4 is 0 Å². The Hall–Kier alpha value is -1.81. The van der Waals surface area contributed by atoms with Gasteiger partial charge >= 0.3 is 0 Å². The predicted octanol–water partition coefficient (Wildman–Crippen LogP) is 2.69. The second-order valence-electron chi connectivity index (χ2n) is 4.68. The van der Waals surface area contributed by atoms with Crippen LogP contribution in [0.2, 0.25) is 0 Å². The Morgan fingerprint density at radius 3 is 2.32 bits per heavy atom. The Balaban J connectivity index is 2.47. The van der Waals surface area contributed by atoms with E-state index in [-0.39, 0.29) is 10.6 Å². The molecule has 0 heterocycles. The first-order valence-corrected chi connectivity index (χ1v) is 7.83. The summed E-state index contributed by atoms with van der Waals surface area (Å²) in [6, 6.07) is 12.9. The van der Waals surface area contributed by atoms with Gasteiger partial charge in [-0.05, 0) is 42.2 Å². The summed E-state index contributed by atoms with van der Waals surface area (Å²) in [4.78, 5) is -0.0102. The van der Waals surface area contributed by atoms with E-state index in [1.54, 1.807) is 6.07 Å². The summed E-state index contributed by atoms with van der Waals surface area (Å²) in [7, 11) is -3.42. The number of phenolic OH excluding ortho intramolecular Hbond substituents is 1. The van der Waals surface area contributed by atoms with Gasteiger partial charge in [0.05, 0.1) is 0 Å². The maximum Gasteiger partial charge on any atom is 0.179 e. The van der Waals surface area contributed by atoms with Crippen LogP contribution in [0.4, 0.5) is 0 Å². The number of phenols is 1. The van der Waals surface area contributed by atoms with E-state index in [9.17, 15) is 13.5 Å². The topological polar surface area (TPSA) is 54.4 Å². The van der Waals surface area contributed by atoms with Crippen molar-refractivity contribution in [2.75, 3.05) is 6.26 Å². The normalized spacial score (nSPS) is 11.5. The van der Waals surface area contributed by atoms with Gasteiger partial charge in [-0.15, -0.1) is 0 Å². The molecule has 0 aliphatic rings. The number of rotatable bonds is 3. The average molecular weight is 276 g/mol. The lowest BCUT2D eigenvalue weighted by molar-refractivity contribution is 0.458. The third-order valence-electron chi connectivity index (χ3n) is 3.05. The van der Waals surface area contributed by atoms with E-state index in [0.29, 0.717) is 6.42 Å². The molecule has 0 aromatic heterocycles.